The summed E-state index contributed by atoms with van der Waals surface area (Å²) in [6.07, 6.45) is 8.29. The summed E-state index contributed by atoms with van der Waals surface area (Å²) in [6, 6.07) is 8.21. The molecule has 1 aromatic carbocycles. The van der Waals surface area contributed by atoms with Gasteiger partial charge in [0.25, 0.3) is 0 Å². The Morgan fingerprint density at radius 2 is 1.76 bits per heavy atom. The fourth-order valence-electron chi connectivity index (χ4n) is 5.59. The summed E-state index contributed by atoms with van der Waals surface area (Å²) in [4.78, 5) is 43.9. The second-order valence-corrected chi connectivity index (χ2v) is 10.4. The molecule has 0 radical (unpaired) electrons. The Kier molecular flexibility index (Phi) is 8.63. The number of hydrogen-bond donors (Lipinski definition) is 2. The maximum atomic E-state index is 14.0. The summed E-state index contributed by atoms with van der Waals surface area (Å²) >= 11 is 0. The van der Waals surface area contributed by atoms with E-state index >= 15 is 0 Å². The molecule has 2 aromatic rings. The lowest BCUT2D eigenvalue weighted by Gasteiger charge is -2.35. The van der Waals surface area contributed by atoms with Crippen molar-refractivity contribution in [2.75, 3.05) is 25.5 Å². The van der Waals surface area contributed by atoms with Gasteiger partial charge in [0, 0.05) is 32.4 Å². The standard InChI is InChI=1S/C28H40N6O3/c1-19(29-2)26(35)30-25(21-14-9-6-10-15-21)28(37)34-17-11-16-22(34)27(36)33(4)23-18-32(3)31-24(23)20-12-7-5-8-13-20/h5,7-8,12-13,18-19,21-22,25,29H,6,9-11,14-17H2,1-4H3,(H,30,35)/t19-,22-,25-/m0/s1. The van der Waals surface area contributed by atoms with Gasteiger partial charge < -0.3 is 20.4 Å². The molecule has 4 rings (SSSR count). The zero-order chi connectivity index (χ0) is 26.5. The Morgan fingerprint density at radius 1 is 1.05 bits per heavy atom. The molecule has 9 heteroatoms. The summed E-state index contributed by atoms with van der Waals surface area (Å²) in [5, 5.41) is 10.6. The van der Waals surface area contributed by atoms with Crippen molar-refractivity contribution in [1.29, 1.82) is 0 Å². The first-order valence-electron chi connectivity index (χ1n) is 13.5. The van der Waals surface area contributed by atoms with Crippen LogP contribution in [0.15, 0.2) is 36.5 Å². The third-order valence-corrected chi connectivity index (χ3v) is 7.88. The lowest BCUT2D eigenvalue weighted by atomic mass is 9.83. The summed E-state index contributed by atoms with van der Waals surface area (Å²) in [7, 11) is 5.32. The highest BCUT2D eigenvalue weighted by atomic mass is 16.2. The van der Waals surface area contributed by atoms with Crippen LogP contribution in [0.5, 0.6) is 0 Å². The lowest BCUT2D eigenvalue weighted by molar-refractivity contribution is -0.142. The predicted octanol–water partition coefficient (Wildman–Crippen LogP) is 2.71. The maximum Gasteiger partial charge on any atom is 0.249 e. The van der Waals surface area contributed by atoms with Crippen molar-refractivity contribution < 1.29 is 14.4 Å². The fourth-order valence-corrected chi connectivity index (χ4v) is 5.59. The Balaban J connectivity index is 1.56. The van der Waals surface area contributed by atoms with Crippen LogP contribution in [0.1, 0.15) is 51.9 Å². The number of likely N-dealkylation sites (tertiary alicyclic amines) is 1. The van der Waals surface area contributed by atoms with Crippen molar-refractivity contribution in [2.45, 2.75) is 70.0 Å². The SMILES string of the molecule is CN[C@@H](C)C(=O)N[C@H](C(=O)N1CCC[C@H]1C(=O)N(C)c1cn(C)nc1-c1ccccc1)C1CCCCC1. The van der Waals surface area contributed by atoms with Gasteiger partial charge in [-0.05, 0) is 45.6 Å². The molecule has 0 unspecified atom stereocenters. The third kappa shape index (κ3) is 5.87. The Labute approximate surface area is 219 Å². The van der Waals surface area contributed by atoms with E-state index in [4.69, 9.17) is 0 Å². The van der Waals surface area contributed by atoms with Crippen LogP contribution in [0.2, 0.25) is 0 Å². The van der Waals surface area contributed by atoms with E-state index in [1.165, 1.54) is 0 Å². The number of amides is 3. The largest absolute Gasteiger partial charge is 0.343 e. The predicted molar refractivity (Wildman–Crippen MR) is 144 cm³/mol. The van der Waals surface area contributed by atoms with Gasteiger partial charge in [0.1, 0.15) is 17.8 Å². The van der Waals surface area contributed by atoms with Gasteiger partial charge in [0.15, 0.2) is 0 Å². The van der Waals surface area contributed by atoms with Gasteiger partial charge in [-0.3, -0.25) is 19.1 Å². The number of aryl methyl sites for hydroxylation is 1. The number of rotatable bonds is 8. The van der Waals surface area contributed by atoms with E-state index < -0.39 is 18.1 Å². The average molecular weight is 509 g/mol. The number of aromatic nitrogens is 2. The molecule has 37 heavy (non-hydrogen) atoms. The highest BCUT2D eigenvalue weighted by Crippen LogP contribution is 2.32. The first-order valence-corrected chi connectivity index (χ1v) is 13.5. The number of likely N-dealkylation sites (N-methyl/N-ethyl adjacent to an activating group) is 2. The minimum atomic E-state index is -0.611. The van der Waals surface area contributed by atoms with Crippen LogP contribution in [0.25, 0.3) is 11.3 Å². The van der Waals surface area contributed by atoms with E-state index in [2.05, 4.69) is 15.7 Å². The van der Waals surface area contributed by atoms with Crippen molar-refractivity contribution in [2.24, 2.45) is 13.0 Å². The van der Waals surface area contributed by atoms with Crippen molar-refractivity contribution >= 4 is 23.4 Å². The van der Waals surface area contributed by atoms with Gasteiger partial charge in [-0.1, -0.05) is 49.6 Å². The third-order valence-electron chi connectivity index (χ3n) is 7.88. The van der Waals surface area contributed by atoms with Gasteiger partial charge >= 0.3 is 0 Å². The second-order valence-electron chi connectivity index (χ2n) is 10.4. The van der Waals surface area contributed by atoms with Crippen LogP contribution in [0, 0.1) is 5.92 Å². The fraction of sp³-hybridized carbons (Fsp3) is 0.571. The normalized spacial score (nSPS) is 19.9. The molecule has 200 valence electrons. The van der Waals surface area contributed by atoms with Crippen LogP contribution < -0.4 is 15.5 Å². The summed E-state index contributed by atoms with van der Waals surface area (Å²) in [6.45, 7) is 2.30. The van der Waals surface area contributed by atoms with Crippen molar-refractivity contribution in [3.63, 3.8) is 0 Å². The van der Waals surface area contributed by atoms with E-state index in [-0.39, 0.29) is 23.6 Å². The number of hydrogen-bond acceptors (Lipinski definition) is 5. The Hall–Kier alpha value is -3.20. The summed E-state index contributed by atoms with van der Waals surface area (Å²) < 4.78 is 1.70. The molecule has 3 amide bonds. The molecule has 1 saturated carbocycles. The van der Waals surface area contributed by atoms with Crippen LogP contribution in [-0.4, -0.2) is 71.2 Å². The molecule has 2 N–H and O–H groups in total. The van der Waals surface area contributed by atoms with Crippen LogP contribution in [-0.2, 0) is 21.4 Å². The van der Waals surface area contributed by atoms with E-state index in [0.717, 1.165) is 49.8 Å². The van der Waals surface area contributed by atoms with E-state index in [9.17, 15) is 14.4 Å². The molecule has 1 aliphatic heterocycles. The smallest absolute Gasteiger partial charge is 0.249 e. The van der Waals surface area contributed by atoms with Gasteiger partial charge in [0.2, 0.25) is 17.7 Å². The number of nitrogens with zero attached hydrogens (tertiary/aromatic N) is 4. The van der Waals surface area contributed by atoms with Gasteiger partial charge in [-0.15, -0.1) is 0 Å². The Bertz CT molecular complexity index is 1090. The van der Waals surface area contributed by atoms with Crippen LogP contribution in [0.3, 0.4) is 0 Å². The monoisotopic (exact) mass is 508 g/mol. The quantitative estimate of drug-likeness (QED) is 0.571. The molecule has 0 spiro atoms. The molecule has 3 atom stereocenters. The molecule has 9 nitrogen and oxygen atoms in total. The lowest BCUT2D eigenvalue weighted by Crippen LogP contribution is -2.58. The van der Waals surface area contributed by atoms with Crippen molar-refractivity contribution in [3.8, 4) is 11.3 Å². The van der Waals surface area contributed by atoms with Gasteiger partial charge in [0.05, 0.1) is 11.7 Å². The number of nitrogens with one attached hydrogen (secondary N) is 2. The van der Waals surface area contributed by atoms with E-state index in [1.807, 2.05) is 43.6 Å². The molecule has 1 aromatic heterocycles. The minimum absolute atomic E-state index is 0.0892. The summed E-state index contributed by atoms with van der Waals surface area (Å²) in [5.41, 5.74) is 2.36. The highest BCUT2D eigenvalue weighted by Gasteiger charge is 2.42. The number of benzene rings is 1. The summed E-state index contributed by atoms with van der Waals surface area (Å²) in [5.74, 6) is -0.365. The number of carbonyl (C=O) groups is 3. The molecule has 2 heterocycles. The second kappa shape index (κ2) is 11.9. The molecule has 2 fully saturated rings. The number of anilines is 1. The van der Waals surface area contributed by atoms with Crippen LogP contribution in [0.4, 0.5) is 5.69 Å². The first-order chi connectivity index (χ1) is 17.8. The molecular formula is C28H40N6O3. The maximum absolute atomic E-state index is 14.0. The number of carbonyl (C=O) groups excluding carboxylic acids is 3. The van der Waals surface area contributed by atoms with E-state index in [1.54, 1.807) is 35.5 Å². The molecule has 2 aliphatic rings. The van der Waals surface area contributed by atoms with Crippen molar-refractivity contribution in [1.82, 2.24) is 25.3 Å². The van der Waals surface area contributed by atoms with Gasteiger partial charge in [-0.2, -0.15) is 5.10 Å². The zero-order valence-electron chi connectivity index (χ0n) is 22.4. The van der Waals surface area contributed by atoms with E-state index in [0.29, 0.717) is 18.7 Å². The van der Waals surface area contributed by atoms with Gasteiger partial charge in [-0.25, -0.2) is 0 Å². The topological polar surface area (TPSA) is 99.6 Å². The Morgan fingerprint density at radius 3 is 2.43 bits per heavy atom. The molecular weight excluding hydrogens is 468 g/mol. The van der Waals surface area contributed by atoms with Crippen LogP contribution >= 0.6 is 0 Å². The zero-order valence-corrected chi connectivity index (χ0v) is 22.4. The molecule has 1 saturated heterocycles. The molecule has 1 aliphatic carbocycles. The average Bonchev–Trinajstić information content (AvgIpc) is 3.58. The minimum Gasteiger partial charge on any atom is -0.343 e. The highest BCUT2D eigenvalue weighted by molar-refractivity contribution is 6.02. The first kappa shape index (κ1) is 26.9. The van der Waals surface area contributed by atoms with Crippen molar-refractivity contribution in [3.05, 3.63) is 36.5 Å². The molecule has 0 bridgehead atoms.